The van der Waals surface area contributed by atoms with Crippen molar-refractivity contribution in [2.45, 2.75) is 37.9 Å². The van der Waals surface area contributed by atoms with Gasteiger partial charge in [0, 0.05) is 25.1 Å². The second-order valence-corrected chi connectivity index (χ2v) is 9.70. The number of aliphatic carboxylic acids is 1. The van der Waals surface area contributed by atoms with E-state index in [4.69, 9.17) is 5.11 Å². The van der Waals surface area contributed by atoms with E-state index in [-0.39, 0.29) is 17.8 Å². The molecule has 0 aliphatic carbocycles. The molecule has 2 N–H and O–H groups in total. The standard InChI is InChI=1S/C24H24F4N4O4S/c1-3-32(13-5-8-22(33)34)20-6-4-7-21(30-20)37(35,36)31-19-12-11-18(24(26,27)28)23(29-19)17-14-16(25)10-9-15(17)2/h4,6-7,9-12,14H,3,5,8,13H2,1-2H3,(H,29,31)(H,33,34). The summed E-state index contributed by atoms with van der Waals surface area (Å²) in [7, 11) is -4.38. The van der Waals surface area contributed by atoms with Crippen molar-refractivity contribution < 1.29 is 35.9 Å². The summed E-state index contributed by atoms with van der Waals surface area (Å²) < 4.78 is 83.0. The van der Waals surface area contributed by atoms with Crippen LogP contribution < -0.4 is 9.62 Å². The molecule has 0 amide bonds. The van der Waals surface area contributed by atoms with Gasteiger partial charge >= 0.3 is 12.1 Å². The first-order valence-corrected chi connectivity index (χ1v) is 12.6. The zero-order valence-corrected chi connectivity index (χ0v) is 20.7. The predicted octanol–water partition coefficient (Wildman–Crippen LogP) is 5.10. The van der Waals surface area contributed by atoms with Crippen LogP contribution in [0, 0.1) is 12.7 Å². The lowest BCUT2D eigenvalue weighted by Crippen LogP contribution is -2.26. The van der Waals surface area contributed by atoms with E-state index in [1.54, 1.807) is 17.9 Å². The van der Waals surface area contributed by atoms with Gasteiger partial charge < -0.3 is 10.0 Å². The molecular weight excluding hydrogens is 516 g/mol. The fraction of sp³-hybridized carbons (Fsp3) is 0.292. The zero-order valence-electron chi connectivity index (χ0n) is 19.9. The molecule has 0 radical (unpaired) electrons. The number of carbonyl (C=O) groups is 1. The molecular formula is C24H24F4N4O4S. The second-order valence-electron chi connectivity index (χ2n) is 8.07. The quantitative estimate of drug-likeness (QED) is 0.344. The first kappa shape index (κ1) is 27.8. The molecule has 0 saturated carbocycles. The minimum Gasteiger partial charge on any atom is -0.481 e. The zero-order chi connectivity index (χ0) is 27.4. The number of pyridine rings is 2. The van der Waals surface area contributed by atoms with E-state index >= 15 is 0 Å². The van der Waals surface area contributed by atoms with Gasteiger partial charge in [-0.2, -0.15) is 21.6 Å². The third kappa shape index (κ3) is 6.94. The molecule has 0 aliphatic heterocycles. The van der Waals surface area contributed by atoms with Gasteiger partial charge in [0.1, 0.15) is 17.5 Å². The average Bonchev–Trinajstić information content (AvgIpc) is 2.82. The molecule has 1 aromatic carbocycles. The van der Waals surface area contributed by atoms with Crippen LogP contribution in [0.4, 0.5) is 29.2 Å². The number of hydrogen-bond acceptors (Lipinski definition) is 6. The van der Waals surface area contributed by atoms with E-state index in [9.17, 15) is 30.8 Å². The van der Waals surface area contributed by atoms with Crippen LogP contribution in [0.15, 0.2) is 53.6 Å². The number of nitrogens with zero attached hydrogens (tertiary/aromatic N) is 3. The molecule has 2 aromatic heterocycles. The van der Waals surface area contributed by atoms with Crippen molar-refractivity contribution in [3.63, 3.8) is 0 Å². The van der Waals surface area contributed by atoms with E-state index in [1.165, 1.54) is 25.1 Å². The Morgan fingerprint density at radius 3 is 2.49 bits per heavy atom. The highest BCUT2D eigenvalue weighted by Crippen LogP contribution is 2.38. The van der Waals surface area contributed by atoms with Gasteiger partial charge in [-0.15, -0.1) is 0 Å². The maximum Gasteiger partial charge on any atom is 0.418 e. The summed E-state index contributed by atoms with van der Waals surface area (Å²) in [5.41, 5.74) is -1.59. The van der Waals surface area contributed by atoms with E-state index in [2.05, 4.69) is 14.7 Å². The molecule has 3 rings (SSSR count). The molecule has 8 nitrogen and oxygen atoms in total. The second kappa shape index (κ2) is 11.1. The summed E-state index contributed by atoms with van der Waals surface area (Å²) in [5.74, 6) is -1.85. The number of aryl methyl sites for hydroxylation is 1. The van der Waals surface area contributed by atoms with Crippen LogP contribution >= 0.6 is 0 Å². The smallest absolute Gasteiger partial charge is 0.418 e. The first-order valence-electron chi connectivity index (χ1n) is 11.1. The van der Waals surface area contributed by atoms with E-state index < -0.39 is 50.1 Å². The topological polar surface area (TPSA) is 112 Å². The molecule has 3 aromatic rings. The van der Waals surface area contributed by atoms with Crippen molar-refractivity contribution >= 4 is 27.6 Å². The molecule has 0 aliphatic rings. The Morgan fingerprint density at radius 2 is 1.84 bits per heavy atom. The van der Waals surface area contributed by atoms with Crippen molar-refractivity contribution in [1.29, 1.82) is 0 Å². The van der Waals surface area contributed by atoms with Crippen LogP contribution in [0.25, 0.3) is 11.3 Å². The molecule has 0 atom stereocenters. The molecule has 0 fully saturated rings. The number of carboxylic acids is 1. The minimum atomic E-state index is -4.82. The van der Waals surface area contributed by atoms with E-state index in [1.807, 2.05) is 0 Å². The molecule has 0 bridgehead atoms. The van der Waals surface area contributed by atoms with Crippen molar-refractivity contribution in [3.05, 3.63) is 65.5 Å². The number of anilines is 2. The van der Waals surface area contributed by atoms with Crippen LogP contribution in [0.1, 0.15) is 30.9 Å². The summed E-state index contributed by atoms with van der Waals surface area (Å²) in [4.78, 5) is 20.5. The Hall–Kier alpha value is -3.74. The number of rotatable bonds is 10. The Bertz CT molecular complexity index is 1400. The van der Waals surface area contributed by atoms with Gasteiger partial charge in [0.2, 0.25) is 0 Å². The lowest BCUT2D eigenvalue weighted by molar-refractivity contribution is -0.138. The van der Waals surface area contributed by atoms with Crippen LogP contribution in [0.5, 0.6) is 0 Å². The highest BCUT2D eigenvalue weighted by atomic mass is 32.2. The predicted molar refractivity (Wildman–Crippen MR) is 129 cm³/mol. The van der Waals surface area contributed by atoms with Crippen LogP contribution in [-0.4, -0.2) is 42.6 Å². The Balaban J connectivity index is 1.96. The van der Waals surface area contributed by atoms with Gasteiger partial charge in [-0.05, 0) is 62.2 Å². The summed E-state index contributed by atoms with van der Waals surface area (Å²) in [6, 6.07) is 9.05. The number of hydrogen-bond donors (Lipinski definition) is 2. The Kier molecular flexibility index (Phi) is 8.36. The monoisotopic (exact) mass is 540 g/mol. The molecule has 0 unspecified atom stereocenters. The third-order valence-electron chi connectivity index (χ3n) is 5.40. The summed E-state index contributed by atoms with van der Waals surface area (Å²) in [5, 5.41) is 8.42. The highest BCUT2D eigenvalue weighted by Gasteiger charge is 2.35. The van der Waals surface area contributed by atoms with Crippen LogP contribution in [0.2, 0.25) is 0 Å². The first-order chi connectivity index (χ1) is 17.3. The highest BCUT2D eigenvalue weighted by molar-refractivity contribution is 7.92. The number of sulfonamides is 1. The average molecular weight is 541 g/mol. The summed E-state index contributed by atoms with van der Waals surface area (Å²) >= 11 is 0. The largest absolute Gasteiger partial charge is 0.481 e. The number of aromatic nitrogens is 2. The van der Waals surface area contributed by atoms with Gasteiger partial charge in [0.05, 0.1) is 11.3 Å². The molecule has 13 heteroatoms. The van der Waals surface area contributed by atoms with E-state index in [0.717, 1.165) is 18.2 Å². The number of nitrogens with one attached hydrogen (secondary N) is 1. The maximum absolute atomic E-state index is 13.8. The molecule has 0 spiro atoms. The Labute approximate surface area is 211 Å². The van der Waals surface area contributed by atoms with Crippen molar-refractivity contribution in [3.8, 4) is 11.3 Å². The normalized spacial score (nSPS) is 11.8. The molecule has 2 heterocycles. The number of alkyl halides is 3. The minimum absolute atomic E-state index is 0.0667. The van der Waals surface area contributed by atoms with Crippen molar-refractivity contribution in [1.82, 2.24) is 9.97 Å². The summed E-state index contributed by atoms with van der Waals surface area (Å²) in [6.07, 6.45) is -4.57. The lowest BCUT2D eigenvalue weighted by atomic mass is 10.0. The number of halogens is 4. The maximum atomic E-state index is 13.8. The van der Waals surface area contributed by atoms with Crippen molar-refractivity contribution in [2.75, 3.05) is 22.7 Å². The SMILES string of the molecule is CCN(CCCC(=O)O)c1cccc(S(=O)(=O)Nc2ccc(C(F)(F)F)c(-c3cc(F)ccc3C)n2)n1. The van der Waals surface area contributed by atoms with Crippen LogP contribution in [0.3, 0.4) is 0 Å². The fourth-order valence-electron chi connectivity index (χ4n) is 3.57. The van der Waals surface area contributed by atoms with Gasteiger partial charge in [0.15, 0.2) is 5.03 Å². The van der Waals surface area contributed by atoms with Gasteiger partial charge in [0.25, 0.3) is 10.0 Å². The lowest BCUT2D eigenvalue weighted by Gasteiger charge is -2.22. The van der Waals surface area contributed by atoms with Gasteiger partial charge in [-0.3, -0.25) is 9.52 Å². The summed E-state index contributed by atoms with van der Waals surface area (Å²) in [6.45, 7) is 4.03. The molecule has 37 heavy (non-hydrogen) atoms. The van der Waals surface area contributed by atoms with Gasteiger partial charge in [-0.25, -0.2) is 14.4 Å². The van der Waals surface area contributed by atoms with E-state index in [0.29, 0.717) is 31.1 Å². The number of carboxylic acid groups (broad SMARTS) is 1. The molecule has 0 saturated heterocycles. The van der Waals surface area contributed by atoms with Gasteiger partial charge in [-0.1, -0.05) is 12.1 Å². The fourth-order valence-corrected chi connectivity index (χ4v) is 4.54. The Morgan fingerprint density at radius 1 is 1.11 bits per heavy atom. The van der Waals surface area contributed by atoms with Crippen LogP contribution in [-0.2, 0) is 21.0 Å². The molecule has 198 valence electrons. The number of benzene rings is 1. The van der Waals surface area contributed by atoms with Crippen molar-refractivity contribution in [2.24, 2.45) is 0 Å². The third-order valence-corrected chi connectivity index (χ3v) is 6.66.